The van der Waals surface area contributed by atoms with Gasteiger partial charge < -0.3 is 9.32 Å². The Kier molecular flexibility index (Phi) is 7.35. The normalized spacial score (nSPS) is 11.6. The summed E-state index contributed by atoms with van der Waals surface area (Å²) in [5.41, 5.74) is 11.6. The van der Waals surface area contributed by atoms with Gasteiger partial charge in [-0.2, -0.15) is 0 Å². The molecule has 258 valence electrons. The minimum absolute atomic E-state index is 0.851. The van der Waals surface area contributed by atoms with Crippen LogP contribution in [0.1, 0.15) is 0 Å². The third kappa shape index (κ3) is 5.22. The van der Waals surface area contributed by atoms with Crippen molar-refractivity contribution < 1.29 is 4.42 Å². The molecule has 0 N–H and O–H groups in total. The van der Waals surface area contributed by atoms with Gasteiger partial charge in [0.25, 0.3) is 0 Å². The zero-order chi connectivity index (χ0) is 36.3. The molecule has 0 saturated heterocycles. The Labute approximate surface area is 322 Å². The minimum Gasteiger partial charge on any atom is -0.455 e. The first-order valence-corrected chi connectivity index (χ1v) is 19.3. The van der Waals surface area contributed by atoms with Gasteiger partial charge in [-0.1, -0.05) is 121 Å². The molecule has 0 aliphatic heterocycles. The number of anilines is 3. The number of hydrogen-bond donors (Lipinski definition) is 0. The van der Waals surface area contributed by atoms with Crippen molar-refractivity contribution in [3.63, 3.8) is 0 Å². The third-order valence-electron chi connectivity index (χ3n) is 10.7. The Bertz CT molecular complexity index is 3200. The van der Waals surface area contributed by atoms with Crippen molar-refractivity contribution in [2.75, 3.05) is 4.90 Å². The van der Waals surface area contributed by atoms with Crippen LogP contribution in [0.25, 0.3) is 86.4 Å². The highest BCUT2D eigenvalue weighted by atomic mass is 32.1. The van der Waals surface area contributed by atoms with Gasteiger partial charge in [0, 0.05) is 65.3 Å². The van der Waals surface area contributed by atoms with E-state index in [1.54, 1.807) is 0 Å². The summed E-state index contributed by atoms with van der Waals surface area (Å²) in [5, 5.41) is 7.15. The van der Waals surface area contributed by atoms with Gasteiger partial charge in [-0.25, -0.2) is 0 Å². The molecule has 0 aliphatic rings. The number of pyridine rings is 1. The summed E-state index contributed by atoms with van der Waals surface area (Å²) in [6.07, 6.45) is 1.85. The largest absolute Gasteiger partial charge is 0.455 e. The van der Waals surface area contributed by atoms with Crippen LogP contribution < -0.4 is 4.90 Å². The summed E-state index contributed by atoms with van der Waals surface area (Å²) < 4.78 is 9.48. The molecule has 0 atom stereocenters. The maximum absolute atomic E-state index is 6.84. The average Bonchev–Trinajstić information content (AvgIpc) is 3.84. The summed E-state index contributed by atoms with van der Waals surface area (Å²) >= 11 is 1.87. The van der Waals surface area contributed by atoms with Gasteiger partial charge in [0.2, 0.25) is 0 Å². The van der Waals surface area contributed by atoms with Crippen molar-refractivity contribution in [1.82, 2.24) is 4.98 Å². The molecule has 11 aromatic rings. The minimum atomic E-state index is 0.851. The molecule has 4 heteroatoms. The van der Waals surface area contributed by atoms with Crippen molar-refractivity contribution in [2.24, 2.45) is 0 Å². The fourth-order valence-corrected chi connectivity index (χ4v) is 9.46. The van der Waals surface area contributed by atoms with Gasteiger partial charge in [0.15, 0.2) is 0 Å². The molecule has 0 aliphatic carbocycles. The van der Waals surface area contributed by atoms with Gasteiger partial charge in [-0.05, 0) is 94.2 Å². The third-order valence-corrected chi connectivity index (χ3v) is 11.9. The molecule has 3 heterocycles. The zero-order valence-corrected chi connectivity index (χ0v) is 30.5. The zero-order valence-electron chi connectivity index (χ0n) is 29.7. The topological polar surface area (TPSA) is 29.3 Å². The number of benzene rings is 8. The van der Waals surface area contributed by atoms with Gasteiger partial charge in [0.05, 0.1) is 5.69 Å². The highest BCUT2D eigenvalue weighted by Crippen LogP contribution is 2.46. The molecule has 55 heavy (non-hydrogen) atoms. The first-order chi connectivity index (χ1) is 27.3. The maximum atomic E-state index is 6.84. The van der Waals surface area contributed by atoms with E-state index < -0.39 is 0 Å². The van der Waals surface area contributed by atoms with Crippen LogP contribution >= 0.6 is 11.3 Å². The quantitative estimate of drug-likeness (QED) is 0.171. The van der Waals surface area contributed by atoms with Crippen LogP contribution in [0.4, 0.5) is 17.1 Å². The fourth-order valence-electron chi connectivity index (χ4n) is 8.22. The molecular weight excluding hydrogens is 689 g/mol. The Morgan fingerprint density at radius 3 is 2.04 bits per heavy atom. The molecule has 3 nitrogen and oxygen atoms in total. The van der Waals surface area contributed by atoms with Gasteiger partial charge >= 0.3 is 0 Å². The number of furan rings is 1. The van der Waals surface area contributed by atoms with Crippen LogP contribution in [-0.2, 0) is 0 Å². The van der Waals surface area contributed by atoms with Gasteiger partial charge in [-0.3, -0.25) is 4.98 Å². The summed E-state index contributed by atoms with van der Waals surface area (Å²) in [6, 6.07) is 67.0. The summed E-state index contributed by atoms with van der Waals surface area (Å²) in [4.78, 5) is 7.07. The highest BCUT2D eigenvalue weighted by molar-refractivity contribution is 7.26. The molecule has 0 unspecified atom stereocenters. The molecular formula is C51H32N2OS. The van der Waals surface area contributed by atoms with Gasteiger partial charge in [-0.15, -0.1) is 11.3 Å². The second-order valence-electron chi connectivity index (χ2n) is 13.9. The number of aromatic nitrogens is 1. The van der Waals surface area contributed by atoms with E-state index in [0.717, 1.165) is 72.2 Å². The fraction of sp³-hybridized carbons (Fsp3) is 0. The number of para-hydroxylation sites is 1. The second kappa shape index (κ2) is 12.8. The molecule has 11 rings (SSSR count). The van der Waals surface area contributed by atoms with Crippen LogP contribution in [0.5, 0.6) is 0 Å². The predicted molar refractivity (Wildman–Crippen MR) is 233 cm³/mol. The number of thiophene rings is 1. The van der Waals surface area contributed by atoms with Crippen LogP contribution in [0.2, 0.25) is 0 Å². The first-order valence-electron chi connectivity index (χ1n) is 18.5. The summed E-state index contributed by atoms with van der Waals surface area (Å²) in [5.74, 6) is 0. The molecule has 0 saturated carbocycles. The van der Waals surface area contributed by atoms with E-state index in [1.807, 2.05) is 29.7 Å². The Morgan fingerprint density at radius 1 is 0.455 bits per heavy atom. The molecule has 3 aromatic heterocycles. The van der Waals surface area contributed by atoms with E-state index in [2.05, 4.69) is 181 Å². The van der Waals surface area contributed by atoms with E-state index in [0.29, 0.717) is 0 Å². The first kappa shape index (κ1) is 31.5. The van der Waals surface area contributed by atoms with Crippen molar-refractivity contribution in [3.8, 4) is 33.5 Å². The Balaban J connectivity index is 1.07. The van der Waals surface area contributed by atoms with Crippen molar-refractivity contribution >= 4 is 81.3 Å². The standard InChI is InChI=1S/C51H32N2OS/c1-2-15-36(16-3-1)53(37-28-26-33(27-29-37)40-20-11-21-42-41-19-6-7-25-47(41)55-51(40)42)38-17-10-14-34(31-38)44-32-35-13-4-5-18-39(35)49-48-43(45-23-8-9-30-52-45)22-12-24-46(48)54-50(44)49/h1-32H. The molecule has 0 fully saturated rings. The van der Waals surface area contributed by atoms with Crippen LogP contribution in [0.15, 0.2) is 199 Å². The number of hydrogen-bond acceptors (Lipinski definition) is 4. The highest BCUT2D eigenvalue weighted by Gasteiger charge is 2.21. The van der Waals surface area contributed by atoms with Crippen molar-refractivity contribution in [1.29, 1.82) is 0 Å². The number of nitrogens with zero attached hydrogens (tertiary/aromatic N) is 2. The Hall–Kier alpha value is -7.01. The SMILES string of the molecule is c1ccc(N(c2ccc(-c3cccc4c3sc3ccccc34)cc2)c2cccc(-c3cc4ccccc4c4c3oc3cccc(-c5ccccn5)c34)c2)cc1. The molecule has 0 amide bonds. The lowest BCUT2D eigenvalue weighted by Gasteiger charge is -2.26. The molecule has 0 spiro atoms. The monoisotopic (exact) mass is 720 g/mol. The van der Waals surface area contributed by atoms with E-state index in [9.17, 15) is 0 Å². The van der Waals surface area contributed by atoms with Gasteiger partial charge in [0.1, 0.15) is 11.2 Å². The Morgan fingerprint density at radius 2 is 1.16 bits per heavy atom. The van der Waals surface area contributed by atoms with Crippen molar-refractivity contribution in [2.45, 2.75) is 0 Å². The molecule has 0 radical (unpaired) electrons. The van der Waals surface area contributed by atoms with Crippen LogP contribution in [-0.4, -0.2) is 4.98 Å². The van der Waals surface area contributed by atoms with E-state index >= 15 is 0 Å². The number of fused-ring (bicyclic) bond motifs is 8. The van der Waals surface area contributed by atoms with Crippen LogP contribution in [0, 0.1) is 0 Å². The van der Waals surface area contributed by atoms with Crippen molar-refractivity contribution in [3.05, 3.63) is 194 Å². The number of rotatable bonds is 6. The lowest BCUT2D eigenvalue weighted by molar-refractivity contribution is 0.670. The lowest BCUT2D eigenvalue weighted by atomic mass is 9.94. The maximum Gasteiger partial charge on any atom is 0.143 e. The van der Waals surface area contributed by atoms with Crippen LogP contribution in [0.3, 0.4) is 0 Å². The molecule has 8 aromatic carbocycles. The van der Waals surface area contributed by atoms with E-state index in [1.165, 1.54) is 31.3 Å². The molecule has 0 bridgehead atoms. The van der Waals surface area contributed by atoms with E-state index in [-0.39, 0.29) is 0 Å². The average molecular weight is 721 g/mol. The second-order valence-corrected chi connectivity index (χ2v) is 14.9. The summed E-state index contributed by atoms with van der Waals surface area (Å²) in [7, 11) is 0. The van der Waals surface area contributed by atoms with E-state index in [4.69, 9.17) is 9.40 Å². The lowest BCUT2D eigenvalue weighted by Crippen LogP contribution is -2.09. The summed E-state index contributed by atoms with van der Waals surface area (Å²) in [6.45, 7) is 0. The smallest absolute Gasteiger partial charge is 0.143 e. The predicted octanol–water partition coefficient (Wildman–Crippen LogP) is 15.0.